The van der Waals surface area contributed by atoms with Crippen molar-refractivity contribution in [3.63, 3.8) is 0 Å². The lowest BCUT2D eigenvalue weighted by Crippen LogP contribution is -2.16. The van der Waals surface area contributed by atoms with Crippen molar-refractivity contribution in [1.29, 1.82) is 0 Å². The van der Waals surface area contributed by atoms with Crippen LogP contribution in [0.5, 0.6) is 0 Å². The number of hydrogen-bond donors (Lipinski definition) is 0. The number of pyridine rings is 1. The molecular formula is C125H108N6OS. The summed E-state index contributed by atoms with van der Waals surface area (Å²) in [5.41, 5.74) is 35.8. The fourth-order valence-electron chi connectivity index (χ4n) is 19.3. The van der Waals surface area contributed by atoms with E-state index in [1.807, 2.05) is 115 Å². The second kappa shape index (κ2) is 38.7. The summed E-state index contributed by atoms with van der Waals surface area (Å²) in [5.74, 6) is 2.16. The average molecular weight is 1740 g/mol. The van der Waals surface area contributed by atoms with Gasteiger partial charge < -0.3 is 13.6 Å². The summed E-state index contributed by atoms with van der Waals surface area (Å²) in [7, 11) is 2.14. The second-order valence-corrected chi connectivity index (χ2v) is 36.7. The minimum atomic E-state index is 0.150. The van der Waals surface area contributed by atoms with Crippen molar-refractivity contribution in [1.82, 2.24) is 29.1 Å². The summed E-state index contributed by atoms with van der Waals surface area (Å²) in [4.78, 5) is 18.1. The van der Waals surface area contributed by atoms with Gasteiger partial charge in [0.05, 0.1) is 27.9 Å². The molecule has 6 aromatic heterocycles. The van der Waals surface area contributed by atoms with Crippen molar-refractivity contribution in [2.45, 2.75) is 93.9 Å². The Morgan fingerprint density at radius 3 is 1.37 bits per heavy atom. The highest BCUT2D eigenvalue weighted by Crippen LogP contribution is 2.51. The average Bonchev–Trinajstić information content (AvgIpc) is 1.48. The third-order valence-electron chi connectivity index (χ3n) is 25.7. The molecule has 0 aliphatic heterocycles. The molecule has 0 unspecified atom stereocenters. The zero-order valence-corrected chi connectivity index (χ0v) is 78.7. The van der Waals surface area contributed by atoms with Gasteiger partial charge >= 0.3 is 0 Å². The Bertz CT molecular complexity index is 7940. The molecule has 0 atom stereocenters. The molecule has 25 rings (SSSR count). The van der Waals surface area contributed by atoms with Crippen LogP contribution in [0.1, 0.15) is 94.7 Å². The van der Waals surface area contributed by atoms with Crippen LogP contribution in [0.15, 0.2) is 423 Å². The third-order valence-corrected chi connectivity index (χ3v) is 27.0. The zero-order chi connectivity index (χ0) is 91.9. The maximum Gasteiger partial charge on any atom is 0.163 e. The van der Waals surface area contributed by atoms with E-state index in [1.54, 1.807) is 0 Å². The van der Waals surface area contributed by atoms with Gasteiger partial charge in [0, 0.05) is 104 Å². The van der Waals surface area contributed by atoms with Gasteiger partial charge in [0.25, 0.3) is 0 Å². The van der Waals surface area contributed by atoms with Crippen LogP contribution in [-0.2, 0) is 17.9 Å². The standard InChI is InChI=1S/C19H15N.C18H15N.C16H13N3.2C16H16.C14H13N.C13H10O.C13H10S/c1-14-8-7-12-17-16-11-5-6-13-18(16)20(19(14)17)15-9-3-2-4-10-15;1-14-7-5-10-16(13-14)18-12-6-11-17(19-18)15-8-3-2-4-9-15;1-12-17-15(13-8-4-2-5-9-13)19-16(18-12)14-10-6-3-7-11-14;1-11-7-6-9-13-12-8-4-5-10-14(12)16(2,3)15(11)13;1-11-8-9-15-13(10-11)12-6-4-5-7-14(12)16(15,2)3;1-10-6-5-8-12-11-7-3-4-9-13(11)15(2)14(10)12;2*1-9-5-4-7-11-10-6-2-3-8-12(10)14-13(9)11/h2-13H,1H3;2-13H,1H3;2-11H,1H3;2*4-10H,1-3H3;3-9H,1-2H3;2*2-8H,1H3. The summed E-state index contributed by atoms with van der Waals surface area (Å²) in [6, 6.07) is 146. The van der Waals surface area contributed by atoms with Crippen molar-refractivity contribution < 1.29 is 4.42 Å². The van der Waals surface area contributed by atoms with Gasteiger partial charge in [-0.2, -0.15) is 0 Å². The van der Waals surface area contributed by atoms with E-state index in [0.717, 1.165) is 50.6 Å². The summed E-state index contributed by atoms with van der Waals surface area (Å²) < 4.78 is 13.2. The van der Waals surface area contributed by atoms with Crippen LogP contribution in [0, 0.1) is 55.4 Å². The van der Waals surface area contributed by atoms with E-state index >= 15 is 0 Å². The molecular weight excluding hydrogens is 1630 g/mol. The molecule has 0 saturated heterocycles. The van der Waals surface area contributed by atoms with Crippen LogP contribution < -0.4 is 0 Å². The van der Waals surface area contributed by atoms with Crippen molar-refractivity contribution in [2.75, 3.05) is 0 Å². The van der Waals surface area contributed by atoms with Crippen molar-refractivity contribution >= 4 is 97.1 Å². The first kappa shape index (κ1) is 88.2. The predicted molar refractivity (Wildman–Crippen MR) is 566 cm³/mol. The normalized spacial score (nSPS) is 12.1. The SMILES string of the molecule is Cc1ccc2c(c1)-c1ccccc1C2(C)C.Cc1cccc(-c2cccc(-c3ccccc3)n2)c1.Cc1cccc2c1C(C)(C)c1ccccc1-2.Cc1cccc2c1oc1ccccc12.Cc1cccc2c1sc1ccccc12.Cc1cccc2c3ccccc3n(-c3ccccc3)c12.Cc1cccc2c3ccccc3n(C)c12.Cc1nc(-c2ccccc2)nc(-c2ccccc2)n1. The lowest BCUT2D eigenvalue weighted by molar-refractivity contribution is 0.655. The zero-order valence-electron chi connectivity index (χ0n) is 77.8. The Hall–Kier alpha value is -15.5. The van der Waals surface area contributed by atoms with Crippen molar-refractivity contribution in [3.8, 4) is 73.2 Å². The number of furan rings is 1. The van der Waals surface area contributed by atoms with Crippen LogP contribution in [0.25, 0.3) is 159 Å². The number of fused-ring (bicyclic) bond motifs is 18. The van der Waals surface area contributed by atoms with E-state index in [4.69, 9.17) is 9.40 Å². The van der Waals surface area contributed by atoms with Gasteiger partial charge in [-0.3, -0.25) is 0 Å². The van der Waals surface area contributed by atoms with E-state index in [1.165, 1.54) is 164 Å². The van der Waals surface area contributed by atoms with Gasteiger partial charge in [0.1, 0.15) is 17.0 Å². The van der Waals surface area contributed by atoms with Gasteiger partial charge in [0.15, 0.2) is 11.6 Å². The highest BCUT2D eigenvalue weighted by Gasteiger charge is 2.37. The molecule has 0 N–H and O–H groups in total. The predicted octanol–water partition coefficient (Wildman–Crippen LogP) is 33.8. The molecule has 0 fully saturated rings. The Labute approximate surface area is 784 Å². The quantitative estimate of drug-likeness (QED) is 0.172. The van der Waals surface area contributed by atoms with Crippen LogP contribution in [0.4, 0.5) is 0 Å². The van der Waals surface area contributed by atoms with E-state index < -0.39 is 0 Å². The minimum absolute atomic E-state index is 0.150. The number of aryl methyl sites for hydroxylation is 9. The second-order valence-electron chi connectivity index (χ2n) is 35.6. The molecule has 17 aromatic carbocycles. The molecule has 8 heteroatoms. The number of benzene rings is 17. The number of hydrogen-bond acceptors (Lipinski definition) is 6. The number of thiophene rings is 1. The van der Waals surface area contributed by atoms with E-state index in [2.05, 4.69) is 429 Å². The minimum Gasteiger partial charge on any atom is -0.456 e. The Morgan fingerprint density at radius 2 is 0.714 bits per heavy atom. The molecule has 0 radical (unpaired) electrons. The van der Waals surface area contributed by atoms with Crippen LogP contribution in [0.2, 0.25) is 0 Å². The van der Waals surface area contributed by atoms with Gasteiger partial charge in [-0.05, 0) is 182 Å². The lowest BCUT2D eigenvalue weighted by Gasteiger charge is -2.23. The molecule has 2 aliphatic rings. The smallest absolute Gasteiger partial charge is 0.163 e. The van der Waals surface area contributed by atoms with Gasteiger partial charge in [0.2, 0.25) is 0 Å². The topological polar surface area (TPSA) is 74.6 Å². The third kappa shape index (κ3) is 18.2. The van der Waals surface area contributed by atoms with Crippen LogP contribution >= 0.6 is 11.3 Å². The first-order chi connectivity index (χ1) is 64.7. The molecule has 23 aromatic rings. The Balaban J connectivity index is 0.000000102. The molecule has 7 nitrogen and oxygen atoms in total. The molecule has 0 amide bonds. The fraction of sp³-hybridized carbons (Fsp3) is 0.120. The maximum absolute atomic E-state index is 5.78. The highest BCUT2D eigenvalue weighted by molar-refractivity contribution is 7.26. The summed E-state index contributed by atoms with van der Waals surface area (Å²) in [5, 5.41) is 10.5. The first-order valence-electron chi connectivity index (χ1n) is 45.8. The monoisotopic (exact) mass is 1740 g/mol. The first-order valence-corrected chi connectivity index (χ1v) is 46.6. The number of nitrogens with zero attached hydrogens (tertiary/aromatic N) is 6. The largest absolute Gasteiger partial charge is 0.456 e. The van der Waals surface area contributed by atoms with Crippen LogP contribution in [0.3, 0.4) is 0 Å². The number of rotatable bonds is 5. The van der Waals surface area contributed by atoms with E-state index in [-0.39, 0.29) is 10.8 Å². The molecule has 650 valence electrons. The lowest BCUT2D eigenvalue weighted by atomic mass is 9.80. The van der Waals surface area contributed by atoms with E-state index in [9.17, 15) is 0 Å². The van der Waals surface area contributed by atoms with E-state index in [0.29, 0.717) is 11.6 Å². The summed E-state index contributed by atoms with van der Waals surface area (Å²) >= 11 is 1.89. The summed E-state index contributed by atoms with van der Waals surface area (Å²) in [6.07, 6.45) is 0. The molecule has 0 bridgehead atoms. The number of para-hydroxylation sites is 7. The van der Waals surface area contributed by atoms with Gasteiger partial charge in [-0.25, -0.2) is 19.9 Å². The molecule has 6 heterocycles. The molecule has 0 spiro atoms. The molecule has 133 heavy (non-hydrogen) atoms. The Morgan fingerprint density at radius 1 is 0.278 bits per heavy atom. The maximum atomic E-state index is 5.78. The fourth-order valence-corrected chi connectivity index (χ4v) is 20.5. The van der Waals surface area contributed by atoms with Crippen molar-refractivity contribution in [3.05, 3.63) is 486 Å². The summed E-state index contributed by atoms with van der Waals surface area (Å²) in [6.45, 7) is 26.2. The van der Waals surface area contributed by atoms with Gasteiger partial charge in [-0.15, -0.1) is 11.3 Å². The van der Waals surface area contributed by atoms with Gasteiger partial charge in [-0.1, -0.05) is 403 Å². The molecule has 0 saturated carbocycles. The molecule has 2 aliphatic carbocycles. The highest BCUT2D eigenvalue weighted by atomic mass is 32.1. The van der Waals surface area contributed by atoms with Crippen LogP contribution in [-0.4, -0.2) is 29.1 Å². The van der Waals surface area contributed by atoms with Crippen molar-refractivity contribution in [2.24, 2.45) is 7.05 Å². The number of aromatic nitrogens is 6. The Kier molecular flexibility index (Phi) is 25.6.